The average molecular weight is 478 g/mol. The lowest BCUT2D eigenvalue weighted by Crippen LogP contribution is -2.37. The van der Waals surface area contributed by atoms with Crippen molar-refractivity contribution in [3.05, 3.63) is 70.6 Å². The first-order valence-corrected chi connectivity index (χ1v) is 12.1. The first-order chi connectivity index (χ1) is 16.5. The third kappa shape index (κ3) is 5.10. The molecule has 3 N–H and O–H groups in total. The zero-order valence-corrected chi connectivity index (χ0v) is 19.2. The molecule has 1 aromatic heterocycles. The van der Waals surface area contributed by atoms with Crippen molar-refractivity contribution in [3.63, 3.8) is 0 Å². The maximum Gasteiger partial charge on any atom is 0.290 e. The lowest BCUT2D eigenvalue weighted by molar-refractivity contribution is -0.115. The molecule has 0 bridgehead atoms. The lowest BCUT2D eigenvalue weighted by atomic mass is 9.91. The van der Waals surface area contributed by atoms with E-state index in [1.165, 1.54) is 0 Å². The van der Waals surface area contributed by atoms with Crippen LogP contribution in [-0.2, 0) is 11.3 Å². The van der Waals surface area contributed by atoms with Crippen LogP contribution in [0.4, 0.5) is 15.1 Å². The minimum absolute atomic E-state index is 0.188. The zero-order chi connectivity index (χ0) is 23.5. The minimum Gasteiger partial charge on any atom is -0.351 e. The number of imide groups is 1. The molecule has 2 fully saturated rings. The van der Waals surface area contributed by atoms with E-state index in [1.807, 2.05) is 30.3 Å². The van der Waals surface area contributed by atoms with Gasteiger partial charge in [-0.2, -0.15) is 0 Å². The number of amides is 2. The number of halogens is 1. The summed E-state index contributed by atoms with van der Waals surface area (Å²) in [4.78, 5) is 32.2. The Bertz CT molecular complexity index is 1270. The maximum atomic E-state index is 14.1. The van der Waals surface area contributed by atoms with E-state index in [-0.39, 0.29) is 17.1 Å². The largest absolute Gasteiger partial charge is 0.351 e. The zero-order valence-electron chi connectivity index (χ0n) is 18.4. The predicted octanol–water partition coefficient (Wildman–Crippen LogP) is 4.61. The van der Waals surface area contributed by atoms with Gasteiger partial charge in [-0.1, -0.05) is 30.3 Å². The quantitative estimate of drug-likeness (QED) is 0.446. The summed E-state index contributed by atoms with van der Waals surface area (Å²) >= 11 is 0.870. The Morgan fingerprint density at radius 1 is 1.03 bits per heavy atom. The van der Waals surface area contributed by atoms with E-state index in [2.05, 4.69) is 25.9 Å². The number of rotatable bonds is 6. The molecule has 1 aliphatic carbocycles. The molecule has 1 saturated heterocycles. The first-order valence-electron chi connectivity index (χ1n) is 11.3. The summed E-state index contributed by atoms with van der Waals surface area (Å²) in [7, 11) is 0. The van der Waals surface area contributed by atoms with Crippen LogP contribution in [0.15, 0.2) is 53.6 Å². The van der Waals surface area contributed by atoms with Crippen molar-refractivity contribution in [3.8, 4) is 0 Å². The van der Waals surface area contributed by atoms with E-state index >= 15 is 0 Å². The summed E-state index contributed by atoms with van der Waals surface area (Å²) in [6.07, 6.45) is 7.21. The molecule has 0 radical (unpaired) electrons. The number of anilines is 1. The Morgan fingerprint density at radius 2 is 1.79 bits per heavy atom. The van der Waals surface area contributed by atoms with Crippen LogP contribution < -0.4 is 16.0 Å². The molecule has 9 heteroatoms. The number of fused-ring (bicyclic) bond motifs is 1. The van der Waals surface area contributed by atoms with Crippen LogP contribution in [0.5, 0.6) is 0 Å². The summed E-state index contributed by atoms with van der Waals surface area (Å²) in [6, 6.07) is 13.4. The highest BCUT2D eigenvalue weighted by molar-refractivity contribution is 8.18. The number of carbonyl (C=O) groups is 2. The van der Waals surface area contributed by atoms with Gasteiger partial charge in [-0.3, -0.25) is 14.9 Å². The summed E-state index contributed by atoms with van der Waals surface area (Å²) in [5, 5.41) is 10.5. The summed E-state index contributed by atoms with van der Waals surface area (Å²) in [5.41, 5.74) is 1.68. The molecule has 2 amide bonds. The van der Waals surface area contributed by atoms with E-state index in [4.69, 9.17) is 0 Å². The van der Waals surface area contributed by atoms with Crippen molar-refractivity contribution < 1.29 is 14.0 Å². The van der Waals surface area contributed by atoms with Gasteiger partial charge < -0.3 is 10.6 Å². The molecule has 2 aromatic carbocycles. The molecule has 0 spiro atoms. The van der Waals surface area contributed by atoms with Gasteiger partial charge in [0, 0.05) is 30.2 Å². The molecule has 0 unspecified atom stereocenters. The van der Waals surface area contributed by atoms with Crippen LogP contribution in [0.3, 0.4) is 0 Å². The third-order valence-corrected chi connectivity index (χ3v) is 7.01. The van der Waals surface area contributed by atoms with Gasteiger partial charge in [-0.05, 0) is 66.6 Å². The van der Waals surface area contributed by atoms with Crippen LogP contribution in [0, 0.1) is 5.82 Å². The Labute approximate surface area is 200 Å². The van der Waals surface area contributed by atoms with Gasteiger partial charge in [-0.15, -0.1) is 0 Å². The number of hydrogen-bond acceptors (Lipinski definition) is 7. The van der Waals surface area contributed by atoms with E-state index in [9.17, 15) is 14.0 Å². The third-order valence-electron chi connectivity index (χ3n) is 6.20. The monoisotopic (exact) mass is 477 g/mol. The van der Waals surface area contributed by atoms with E-state index in [1.54, 1.807) is 24.4 Å². The van der Waals surface area contributed by atoms with Crippen LogP contribution >= 0.6 is 11.8 Å². The average Bonchev–Trinajstić information content (AvgIpc) is 3.16. The molecule has 2 heterocycles. The van der Waals surface area contributed by atoms with Crippen LogP contribution in [0.1, 0.15) is 36.9 Å². The van der Waals surface area contributed by atoms with Crippen molar-refractivity contribution in [1.29, 1.82) is 0 Å². The fraction of sp³-hybridized carbons (Fsp3) is 0.280. The van der Waals surface area contributed by atoms with Crippen molar-refractivity contribution in [1.82, 2.24) is 20.6 Å². The van der Waals surface area contributed by atoms with E-state index in [0.29, 0.717) is 34.5 Å². The second kappa shape index (κ2) is 9.90. The molecule has 174 valence electrons. The van der Waals surface area contributed by atoms with Crippen molar-refractivity contribution in [2.75, 3.05) is 5.32 Å². The minimum atomic E-state index is -0.400. The van der Waals surface area contributed by atoms with Crippen molar-refractivity contribution in [2.24, 2.45) is 0 Å². The van der Waals surface area contributed by atoms with Gasteiger partial charge in [-0.25, -0.2) is 14.4 Å². The topological polar surface area (TPSA) is 96.0 Å². The summed E-state index contributed by atoms with van der Waals surface area (Å²) in [5.74, 6) is -0.0759. The van der Waals surface area contributed by atoms with Gasteiger partial charge in [0.1, 0.15) is 5.82 Å². The molecule has 1 aliphatic heterocycles. The van der Waals surface area contributed by atoms with Crippen molar-refractivity contribution in [2.45, 2.75) is 44.3 Å². The summed E-state index contributed by atoms with van der Waals surface area (Å²) < 4.78 is 14.1. The second-order valence-electron chi connectivity index (χ2n) is 8.48. The molecule has 5 rings (SSSR count). The van der Waals surface area contributed by atoms with Gasteiger partial charge in [0.2, 0.25) is 5.95 Å². The smallest absolute Gasteiger partial charge is 0.290 e. The van der Waals surface area contributed by atoms with Gasteiger partial charge in [0.15, 0.2) is 0 Å². The van der Waals surface area contributed by atoms with Crippen LogP contribution in [0.2, 0.25) is 0 Å². The van der Waals surface area contributed by atoms with E-state index < -0.39 is 5.91 Å². The number of hydrogen-bond donors (Lipinski definition) is 3. The molecule has 1 saturated carbocycles. The van der Waals surface area contributed by atoms with Crippen LogP contribution in [-0.4, -0.2) is 33.2 Å². The summed E-state index contributed by atoms with van der Waals surface area (Å²) in [6.45, 7) is 0.706. The molecule has 3 aromatic rings. The number of thioether (sulfide) groups is 1. The number of carbonyl (C=O) groups excluding carboxylic acids is 2. The Hall–Kier alpha value is -3.30. The van der Waals surface area contributed by atoms with Gasteiger partial charge in [0.05, 0.1) is 10.6 Å². The number of aromatic nitrogens is 2. The fourth-order valence-electron chi connectivity index (χ4n) is 4.44. The Kier molecular flexibility index (Phi) is 6.55. The molecule has 7 nitrogen and oxygen atoms in total. The normalized spacial score (nSPS) is 21.7. The highest BCUT2D eigenvalue weighted by atomic mass is 32.2. The second-order valence-corrected chi connectivity index (χ2v) is 9.50. The molecule has 34 heavy (non-hydrogen) atoms. The Morgan fingerprint density at radius 3 is 2.56 bits per heavy atom. The maximum absolute atomic E-state index is 14.1. The molecule has 2 aliphatic rings. The number of nitrogens with one attached hydrogen (secondary N) is 3. The standard InChI is InChI=1S/C25H24FN5O2S/c26-21-10-5-15(19-3-1-2-4-20(19)21)14-28-16-6-8-17(9-7-16)29-24-27-12-11-18(30-24)13-22-23(32)31-25(33)34-22/h1-5,10-13,16-17,28H,6-9,14H2,(H,27,29,30)(H,31,32,33)/t16-,17-. The number of nitrogens with zero attached hydrogens (tertiary/aromatic N) is 2. The van der Waals surface area contributed by atoms with E-state index in [0.717, 1.165) is 48.4 Å². The van der Waals surface area contributed by atoms with Crippen LogP contribution in [0.25, 0.3) is 16.8 Å². The molecular weight excluding hydrogens is 453 g/mol. The fourth-order valence-corrected chi connectivity index (χ4v) is 5.10. The molecular formula is C25H24FN5O2S. The Balaban J connectivity index is 1.15. The SMILES string of the molecule is O=C1NC(=O)C(=Cc2ccnc(N[C@H]3CC[C@H](NCc4ccc(F)c5ccccc45)CC3)n2)S1. The number of benzene rings is 2. The highest BCUT2D eigenvalue weighted by Gasteiger charge is 2.25. The lowest BCUT2D eigenvalue weighted by Gasteiger charge is -2.30. The van der Waals surface area contributed by atoms with Crippen molar-refractivity contribution >= 4 is 45.7 Å². The molecule has 0 atom stereocenters. The predicted molar refractivity (Wildman–Crippen MR) is 132 cm³/mol. The van der Waals surface area contributed by atoms with Gasteiger partial charge in [0.25, 0.3) is 11.1 Å². The van der Waals surface area contributed by atoms with Gasteiger partial charge >= 0.3 is 0 Å². The first kappa shape index (κ1) is 22.5. The highest BCUT2D eigenvalue weighted by Crippen LogP contribution is 2.26.